The first-order valence-electron chi connectivity index (χ1n) is 34.6. The van der Waals surface area contributed by atoms with E-state index in [-0.39, 0.29) is 75.5 Å². The summed E-state index contributed by atoms with van der Waals surface area (Å²) in [5, 5.41) is 59.6. The van der Waals surface area contributed by atoms with Gasteiger partial charge in [-0.3, -0.25) is 0 Å². The summed E-state index contributed by atoms with van der Waals surface area (Å²) in [5.41, 5.74) is 8.60. The molecule has 2 aromatic heterocycles. The third kappa shape index (κ3) is 17.9. The van der Waals surface area contributed by atoms with Gasteiger partial charge in [-0.1, -0.05) is 126 Å². The number of aromatic carboxylic acids is 1. The van der Waals surface area contributed by atoms with E-state index < -0.39 is 45.5 Å². The number of carboxylic acids is 1. The summed E-state index contributed by atoms with van der Waals surface area (Å²) >= 11 is 0. The number of halogens is 3. The molecule has 2 heterocycles. The van der Waals surface area contributed by atoms with Crippen LogP contribution in [0.4, 0.5) is 22.8 Å². The van der Waals surface area contributed by atoms with E-state index in [2.05, 4.69) is 79.3 Å². The molecule has 6 fully saturated rings. The van der Waals surface area contributed by atoms with Crippen molar-refractivity contribution in [3.05, 3.63) is 214 Å². The minimum Gasteiger partial charge on any atom is -0.478 e. The number of carbonyl (C=O) groups excluding carboxylic acids is 2. The average Bonchev–Trinajstić information content (AvgIpc) is 1.66. The fourth-order valence-corrected chi connectivity index (χ4v) is 13.7. The van der Waals surface area contributed by atoms with E-state index in [1.807, 2.05) is 101 Å². The van der Waals surface area contributed by atoms with Crippen LogP contribution < -0.4 is 11.1 Å². The Morgan fingerprint density at radius 3 is 1.38 bits per heavy atom. The first kappa shape index (κ1) is 73.3. The summed E-state index contributed by atoms with van der Waals surface area (Å²) in [6.45, 7) is 12.9. The number of carbonyl (C=O) groups is 3. The number of oxime groups is 1. The van der Waals surface area contributed by atoms with Gasteiger partial charge in [0, 0.05) is 77.5 Å². The maximum Gasteiger partial charge on any atom is 0.410 e. The number of carboxylic acid groups (broad SMARTS) is 1. The number of hydrogen-bond acceptors (Lipinski definition) is 17. The van der Waals surface area contributed by atoms with Gasteiger partial charge in [-0.15, -0.1) is 0 Å². The molecule has 14 rings (SSSR count). The molecule has 103 heavy (non-hydrogen) atoms. The van der Waals surface area contributed by atoms with Gasteiger partial charge in [0.2, 0.25) is 0 Å². The van der Waals surface area contributed by atoms with Crippen LogP contribution in [-0.4, -0.2) is 113 Å². The van der Waals surface area contributed by atoms with Crippen LogP contribution in [0.3, 0.4) is 0 Å². The van der Waals surface area contributed by atoms with Crippen LogP contribution in [0.2, 0.25) is 0 Å². The molecular weight excluding hydrogens is 1320 g/mol. The van der Waals surface area contributed by atoms with E-state index in [4.69, 9.17) is 39.9 Å². The van der Waals surface area contributed by atoms with Gasteiger partial charge in [-0.2, -0.15) is 25.8 Å². The number of nitrogens with two attached hydrogens (primary N) is 1. The number of hydrogen-bond donors (Lipinski definition) is 4. The zero-order chi connectivity index (χ0) is 73.4. The van der Waals surface area contributed by atoms with E-state index >= 15 is 0 Å². The van der Waals surface area contributed by atoms with Gasteiger partial charge in [-0.05, 0) is 171 Å². The Hall–Kier alpha value is -10.9. The lowest BCUT2D eigenvalue weighted by atomic mass is 9.67. The third-order valence-electron chi connectivity index (χ3n) is 19.9. The molecule has 0 spiro atoms. The van der Waals surface area contributed by atoms with Crippen LogP contribution in [0.25, 0.3) is 22.9 Å². The quantitative estimate of drug-likeness (QED) is 0.0268. The van der Waals surface area contributed by atoms with Crippen LogP contribution in [0, 0.1) is 56.9 Å². The van der Waals surface area contributed by atoms with Gasteiger partial charge in [0.25, 0.3) is 11.8 Å². The molecule has 8 aromatic rings. The Balaban J connectivity index is 0.000000145. The van der Waals surface area contributed by atoms with Gasteiger partial charge in [0.1, 0.15) is 34.5 Å². The van der Waals surface area contributed by atoms with E-state index in [0.29, 0.717) is 53.7 Å². The van der Waals surface area contributed by atoms with E-state index in [0.717, 1.165) is 108 Å². The maximum absolute atomic E-state index is 14.0. The molecule has 21 nitrogen and oxygen atoms in total. The molecule has 6 aliphatic carbocycles. The lowest BCUT2D eigenvalue weighted by Crippen LogP contribution is -2.53. The Kier molecular flexibility index (Phi) is 21.9. The summed E-state index contributed by atoms with van der Waals surface area (Å²) in [5.74, 6) is -0.0408. The van der Waals surface area contributed by atoms with Crippen molar-refractivity contribution in [2.24, 2.45) is 16.3 Å². The summed E-state index contributed by atoms with van der Waals surface area (Å²) in [6.07, 6.45) is 10.7. The number of nitrogens with zero attached hydrogens (tertiary/aromatic N) is 10. The molecule has 6 aromatic carbocycles. The Bertz CT molecular complexity index is 4510. The molecule has 6 atom stereocenters. The van der Waals surface area contributed by atoms with Gasteiger partial charge in [0.15, 0.2) is 11.6 Å². The fraction of sp³-hybridized carbons (Fsp3) is 0.405. The lowest BCUT2D eigenvalue weighted by Gasteiger charge is -2.44. The molecule has 0 aliphatic heterocycles. The van der Waals surface area contributed by atoms with Gasteiger partial charge in [0.05, 0.1) is 45.9 Å². The monoisotopic (exact) mass is 1400 g/mol. The molecule has 0 saturated heterocycles. The van der Waals surface area contributed by atoms with Crippen LogP contribution in [0.5, 0.6) is 0 Å². The number of amidine groups is 1. The summed E-state index contributed by atoms with van der Waals surface area (Å²) < 4.78 is 62.7. The number of amides is 2. The summed E-state index contributed by atoms with van der Waals surface area (Å²) in [6, 6.07) is 48.2. The van der Waals surface area contributed by atoms with Crippen molar-refractivity contribution in [1.29, 1.82) is 15.8 Å². The van der Waals surface area contributed by atoms with Crippen molar-refractivity contribution in [1.82, 2.24) is 35.4 Å². The standard InChI is InChI=1S/C28H29FN4O3.C23H21FN4O.C20H29N3O3.C8H4FNO2/c1-27(2,3)35-26(34)33(23-15-22(23)19-8-5-4-6-9-19)17-28(10-7-11-28)25-31-24(36-32-25)20-12-18(16-30)13-21(29)14-20;24-18-10-15(13-25)9-17(11-18)21-27-22(28-29-21)23(7-4-8-23)14-26-20-12-19(20)16-5-2-1-3-6-16;1-19(2,3)26-18(24)23(13-20(10-7-11-20)17(21)22-25)16-12-15(16)14-8-5-4-6-9-14;9-7-2-5(4-10)1-6(3-7)8(11)12/h4-6,8-9,12-14,22-23H,7,10-11,15,17H2,1-3H3;1-3,5-6,9-11,19-20,26H,4,7-8,12,14H2;4-6,8-9,15-16,25H,7,10-13H2,1-3H3,(H2,21,22);1-3H,(H,11,12)/t22?,23-;19?,20-;15?,16-;/m000./s1. The largest absolute Gasteiger partial charge is 0.478 e. The highest BCUT2D eigenvalue weighted by atomic mass is 19.1. The summed E-state index contributed by atoms with van der Waals surface area (Å²) in [7, 11) is 0. The smallest absolute Gasteiger partial charge is 0.410 e. The van der Waals surface area contributed by atoms with E-state index in [9.17, 15) is 38.0 Å². The Morgan fingerprint density at radius 1 is 0.583 bits per heavy atom. The first-order valence-corrected chi connectivity index (χ1v) is 34.6. The second-order valence-corrected chi connectivity index (χ2v) is 29.7. The average molecular weight is 1400 g/mol. The molecule has 0 radical (unpaired) electrons. The SMILES string of the molecule is CC(C)(C)OC(=O)N(CC1(C(N)=NO)CCC1)[C@H]1CC1c1ccccc1.CC(C)(C)OC(=O)N(CC1(c2noc(-c3cc(F)cc(C#N)c3)n2)CCC1)[C@H]1CC1c1ccccc1.N#Cc1cc(F)cc(-c2nc(C3(CN[C@H]4CC4c4ccccc4)CCC3)no2)c1.N#Cc1cc(F)cc(C(=O)O)c1. The van der Waals surface area contributed by atoms with Crippen molar-refractivity contribution in [2.75, 3.05) is 19.6 Å². The van der Waals surface area contributed by atoms with Crippen molar-refractivity contribution in [2.45, 2.75) is 177 Å². The Labute approximate surface area is 596 Å². The highest BCUT2D eigenvalue weighted by Gasteiger charge is 2.54. The van der Waals surface area contributed by atoms with Gasteiger partial charge >= 0.3 is 18.2 Å². The maximum atomic E-state index is 14.0. The lowest BCUT2D eigenvalue weighted by molar-refractivity contribution is 0.0110. The zero-order valence-corrected chi connectivity index (χ0v) is 58.4. The predicted molar refractivity (Wildman–Crippen MR) is 374 cm³/mol. The number of aromatic nitrogens is 4. The van der Waals surface area contributed by atoms with E-state index in [1.165, 1.54) is 41.0 Å². The minimum atomic E-state index is -1.24. The van der Waals surface area contributed by atoms with Crippen molar-refractivity contribution >= 4 is 24.0 Å². The Morgan fingerprint density at radius 2 is 0.990 bits per heavy atom. The number of nitrogens with one attached hydrogen (secondary N) is 1. The van der Waals surface area contributed by atoms with E-state index in [1.54, 1.807) is 17.0 Å². The number of nitriles is 3. The molecule has 3 unspecified atom stereocenters. The van der Waals surface area contributed by atoms with Crippen molar-refractivity contribution in [3.8, 4) is 41.1 Å². The third-order valence-corrected chi connectivity index (χ3v) is 19.9. The number of rotatable bonds is 18. The molecule has 6 aliphatic rings. The molecule has 534 valence electrons. The van der Waals surface area contributed by atoms with Crippen LogP contribution in [0.15, 0.2) is 160 Å². The predicted octanol–water partition coefficient (Wildman–Crippen LogP) is 15.4. The number of ether oxygens (including phenoxy) is 2. The zero-order valence-electron chi connectivity index (χ0n) is 58.4. The number of benzene rings is 6. The molecule has 2 amide bonds. The molecule has 24 heteroatoms. The van der Waals surface area contributed by atoms with Crippen molar-refractivity contribution in [3.63, 3.8) is 0 Å². The fourth-order valence-electron chi connectivity index (χ4n) is 13.7. The second kappa shape index (κ2) is 30.7. The normalized spacial score (nSPS) is 20.5. The highest BCUT2D eigenvalue weighted by Crippen LogP contribution is 2.52. The second-order valence-electron chi connectivity index (χ2n) is 29.7. The summed E-state index contributed by atoms with van der Waals surface area (Å²) in [4.78, 5) is 49.4. The van der Waals surface area contributed by atoms with Gasteiger partial charge < -0.3 is 49.7 Å². The first-order chi connectivity index (χ1) is 49.2. The molecule has 6 saturated carbocycles. The highest BCUT2D eigenvalue weighted by molar-refractivity contribution is 5.88. The van der Waals surface area contributed by atoms with Crippen LogP contribution >= 0.6 is 0 Å². The van der Waals surface area contributed by atoms with Crippen LogP contribution in [0.1, 0.15) is 192 Å². The van der Waals surface area contributed by atoms with Gasteiger partial charge in [-0.25, -0.2) is 27.6 Å². The minimum absolute atomic E-state index is 0.00685. The van der Waals surface area contributed by atoms with Crippen molar-refractivity contribution < 1.29 is 56.4 Å². The van der Waals surface area contributed by atoms with Crippen LogP contribution in [-0.2, 0) is 20.3 Å². The topological polar surface area (TPSA) is 316 Å². The molecular formula is C79H83F3N12O9. The molecule has 0 bridgehead atoms. The molecule has 5 N–H and O–H groups in total.